The van der Waals surface area contributed by atoms with Crippen LogP contribution in [0.15, 0.2) is 66.7 Å². The first kappa shape index (κ1) is 19.8. The monoisotopic (exact) mass is 404 g/mol. The number of amides is 1. The van der Waals surface area contributed by atoms with Gasteiger partial charge in [-0.2, -0.15) is 0 Å². The van der Waals surface area contributed by atoms with Crippen molar-refractivity contribution >= 4 is 28.3 Å². The molecule has 0 radical (unpaired) electrons. The van der Waals surface area contributed by atoms with Crippen LogP contribution in [0.3, 0.4) is 0 Å². The highest BCUT2D eigenvalue weighted by atomic mass is 16.5. The Labute approximate surface area is 175 Å². The van der Waals surface area contributed by atoms with E-state index in [1.54, 1.807) is 0 Å². The smallest absolute Gasteiger partial charge is 0.306 e. The predicted molar refractivity (Wildman–Crippen MR) is 116 cm³/mol. The summed E-state index contributed by atoms with van der Waals surface area (Å²) >= 11 is 0. The molecular formula is C24H24N2O4. The van der Waals surface area contributed by atoms with E-state index in [2.05, 4.69) is 4.90 Å². The molecule has 1 heterocycles. The third kappa shape index (κ3) is 4.22. The van der Waals surface area contributed by atoms with E-state index in [0.717, 1.165) is 22.0 Å². The molecular weight excluding hydrogens is 380 g/mol. The van der Waals surface area contributed by atoms with Crippen molar-refractivity contribution in [2.45, 2.75) is 6.42 Å². The normalized spacial score (nSPS) is 14.0. The number of rotatable bonds is 6. The number of fused-ring (bicyclic) bond motifs is 1. The van der Waals surface area contributed by atoms with Crippen LogP contribution in [0.1, 0.15) is 16.8 Å². The van der Waals surface area contributed by atoms with Gasteiger partial charge in [-0.15, -0.1) is 0 Å². The molecule has 1 saturated heterocycles. The number of para-hydroxylation sites is 2. The summed E-state index contributed by atoms with van der Waals surface area (Å²) in [4.78, 5) is 28.0. The molecule has 0 atom stereocenters. The topological polar surface area (TPSA) is 70.1 Å². The average Bonchev–Trinajstić information content (AvgIpc) is 2.78. The number of ether oxygens (including phenoxy) is 1. The van der Waals surface area contributed by atoms with Crippen LogP contribution in [0, 0.1) is 0 Å². The van der Waals surface area contributed by atoms with Gasteiger partial charge in [0.05, 0.1) is 18.7 Å². The van der Waals surface area contributed by atoms with E-state index in [-0.39, 0.29) is 18.9 Å². The van der Waals surface area contributed by atoms with E-state index in [1.807, 2.05) is 71.6 Å². The van der Waals surface area contributed by atoms with Crippen molar-refractivity contribution in [2.24, 2.45) is 0 Å². The molecule has 0 unspecified atom stereocenters. The van der Waals surface area contributed by atoms with Crippen molar-refractivity contribution in [3.8, 4) is 5.75 Å². The summed E-state index contributed by atoms with van der Waals surface area (Å²) in [5, 5.41) is 10.9. The van der Waals surface area contributed by atoms with Crippen LogP contribution in [-0.4, -0.2) is 54.7 Å². The molecule has 1 N–H and O–H groups in total. The number of nitrogens with zero attached hydrogens (tertiary/aromatic N) is 2. The fraction of sp³-hybridized carbons (Fsp3) is 0.250. The van der Waals surface area contributed by atoms with Gasteiger partial charge in [0.25, 0.3) is 5.91 Å². The molecule has 1 amide bonds. The minimum absolute atomic E-state index is 0.0400. The lowest BCUT2D eigenvalue weighted by Crippen LogP contribution is -2.49. The summed E-state index contributed by atoms with van der Waals surface area (Å²) in [6, 6.07) is 21.4. The second kappa shape index (κ2) is 8.86. The third-order valence-corrected chi connectivity index (χ3v) is 5.37. The Morgan fingerprint density at radius 2 is 1.57 bits per heavy atom. The molecule has 30 heavy (non-hydrogen) atoms. The van der Waals surface area contributed by atoms with Crippen molar-refractivity contribution in [3.05, 3.63) is 72.3 Å². The quantitative estimate of drug-likeness (QED) is 0.679. The van der Waals surface area contributed by atoms with Gasteiger partial charge in [0.1, 0.15) is 5.75 Å². The van der Waals surface area contributed by atoms with E-state index in [4.69, 9.17) is 9.84 Å². The number of aliphatic carboxylic acids is 1. The van der Waals surface area contributed by atoms with E-state index < -0.39 is 5.97 Å². The SMILES string of the molecule is O=C(O)CCOc1ccccc1N1CCN(C(=O)c2cccc3ccccc23)CC1. The number of carbonyl (C=O) groups is 2. The highest BCUT2D eigenvalue weighted by Crippen LogP contribution is 2.29. The zero-order valence-electron chi connectivity index (χ0n) is 16.7. The van der Waals surface area contributed by atoms with Crippen LogP contribution in [0.4, 0.5) is 5.69 Å². The number of piperazine rings is 1. The van der Waals surface area contributed by atoms with E-state index in [0.29, 0.717) is 31.9 Å². The zero-order chi connectivity index (χ0) is 20.9. The Bertz CT molecular complexity index is 1050. The fourth-order valence-electron chi connectivity index (χ4n) is 3.82. The summed E-state index contributed by atoms with van der Waals surface area (Å²) in [5.74, 6) is -0.155. The third-order valence-electron chi connectivity index (χ3n) is 5.37. The van der Waals surface area contributed by atoms with Crippen LogP contribution in [-0.2, 0) is 4.79 Å². The molecule has 1 aliphatic rings. The first-order valence-electron chi connectivity index (χ1n) is 10.1. The number of hydrogen-bond acceptors (Lipinski definition) is 4. The number of hydrogen-bond donors (Lipinski definition) is 1. The fourth-order valence-corrected chi connectivity index (χ4v) is 3.82. The Hall–Kier alpha value is -3.54. The highest BCUT2D eigenvalue weighted by molar-refractivity contribution is 6.07. The molecule has 6 heteroatoms. The summed E-state index contributed by atoms with van der Waals surface area (Å²) in [6.45, 7) is 2.74. The van der Waals surface area contributed by atoms with Crippen molar-refractivity contribution in [2.75, 3.05) is 37.7 Å². The zero-order valence-corrected chi connectivity index (χ0v) is 16.7. The molecule has 0 bridgehead atoms. The second-order valence-corrected chi connectivity index (χ2v) is 7.27. The minimum atomic E-state index is -0.881. The molecule has 3 aromatic rings. The van der Waals surface area contributed by atoms with Crippen LogP contribution in [0.5, 0.6) is 5.75 Å². The molecule has 1 aliphatic heterocycles. The largest absolute Gasteiger partial charge is 0.491 e. The van der Waals surface area contributed by atoms with Crippen LogP contribution >= 0.6 is 0 Å². The Morgan fingerprint density at radius 3 is 2.37 bits per heavy atom. The molecule has 0 aromatic heterocycles. The number of benzene rings is 3. The number of carboxylic acids is 1. The van der Waals surface area contributed by atoms with Gasteiger partial charge in [-0.3, -0.25) is 9.59 Å². The Balaban J connectivity index is 1.44. The lowest BCUT2D eigenvalue weighted by Gasteiger charge is -2.37. The summed E-state index contributed by atoms with van der Waals surface area (Å²) in [6.07, 6.45) is -0.0400. The van der Waals surface area contributed by atoms with Crippen molar-refractivity contribution in [1.82, 2.24) is 4.90 Å². The van der Waals surface area contributed by atoms with Crippen molar-refractivity contribution < 1.29 is 19.4 Å². The molecule has 1 fully saturated rings. The molecule has 0 aliphatic carbocycles. The lowest BCUT2D eigenvalue weighted by atomic mass is 10.0. The number of carboxylic acid groups (broad SMARTS) is 1. The predicted octanol–water partition coefficient (Wildman–Crippen LogP) is 3.66. The number of carbonyl (C=O) groups excluding carboxylic acids is 1. The van der Waals surface area contributed by atoms with Gasteiger partial charge in [-0.25, -0.2) is 0 Å². The van der Waals surface area contributed by atoms with Gasteiger partial charge in [0.15, 0.2) is 0 Å². The van der Waals surface area contributed by atoms with Crippen LogP contribution < -0.4 is 9.64 Å². The van der Waals surface area contributed by atoms with Crippen LogP contribution in [0.2, 0.25) is 0 Å². The van der Waals surface area contributed by atoms with Gasteiger partial charge in [-0.1, -0.05) is 48.5 Å². The van der Waals surface area contributed by atoms with Gasteiger partial charge in [0.2, 0.25) is 0 Å². The maximum atomic E-state index is 13.2. The maximum Gasteiger partial charge on any atom is 0.306 e. The van der Waals surface area contributed by atoms with Crippen LogP contribution in [0.25, 0.3) is 10.8 Å². The van der Waals surface area contributed by atoms with Crippen molar-refractivity contribution in [3.63, 3.8) is 0 Å². The summed E-state index contributed by atoms with van der Waals surface area (Å²) < 4.78 is 5.69. The van der Waals surface area contributed by atoms with E-state index in [1.165, 1.54) is 0 Å². The lowest BCUT2D eigenvalue weighted by molar-refractivity contribution is -0.137. The molecule has 4 rings (SSSR count). The summed E-state index contributed by atoms with van der Waals surface area (Å²) in [5.41, 5.74) is 1.67. The Morgan fingerprint density at radius 1 is 0.867 bits per heavy atom. The van der Waals surface area contributed by atoms with Crippen molar-refractivity contribution in [1.29, 1.82) is 0 Å². The molecule has 3 aromatic carbocycles. The minimum Gasteiger partial charge on any atom is -0.491 e. The number of anilines is 1. The van der Waals surface area contributed by atoms with Gasteiger partial charge >= 0.3 is 5.97 Å². The average molecular weight is 404 g/mol. The maximum absolute atomic E-state index is 13.2. The molecule has 6 nitrogen and oxygen atoms in total. The first-order valence-corrected chi connectivity index (χ1v) is 10.1. The molecule has 154 valence electrons. The summed E-state index contributed by atoms with van der Waals surface area (Å²) in [7, 11) is 0. The van der Waals surface area contributed by atoms with E-state index in [9.17, 15) is 9.59 Å². The standard InChI is InChI=1S/C24H24N2O4/c27-23(28)12-17-30-22-11-4-3-10-21(22)25-13-15-26(16-14-25)24(29)20-9-5-7-18-6-1-2-8-19(18)20/h1-11H,12-17H2,(H,27,28). The van der Waals surface area contributed by atoms with Gasteiger partial charge in [0, 0.05) is 31.7 Å². The van der Waals surface area contributed by atoms with E-state index >= 15 is 0 Å². The second-order valence-electron chi connectivity index (χ2n) is 7.27. The first-order chi connectivity index (χ1) is 14.6. The molecule has 0 saturated carbocycles. The highest BCUT2D eigenvalue weighted by Gasteiger charge is 2.24. The molecule has 0 spiro atoms. The van der Waals surface area contributed by atoms with Gasteiger partial charge < -0.3 is 19.6 Å². The van der Waals surface area contributed by atoms with Gasteiger partial charge in [-0.05, 0) is 29.0 Å². The Kier molecular flexibility index (Phi) is 5.84.